The predicted octanol–water partition coefficient (Wildman–Crippen LogP) is 2.94. The van der Waals surface area contributed by atoms with Gasteiger partial charge in [-0.05, 0) is 29.6 Å². The van der Waals surface area contributed by atoms with Crippen molar-refractivity contribution in [2.24, 2.45) is 0 Å². The Balaban J connectivity index is 1.77. The first-order valence-electron chi connectivity index (χ1n) is 9.65. The number of carbonyl (C=O) groups is 1. The molecule has 0 bridgehead atoms. The lowest BCUT2D eigenvalue weighted by Gasteiger charge is -2.19. The number of hydrogen-bond acceptors (Lipinski definition) is 5. The summed E-state index contributed by atoms with van der Waals surface area (Å²) in [5.74, 6) is 0.329. The summed E-state index contributed by atoms with van der Waals surface area (Å²) in [5.41, 5.74) is 0.993. The summed E-state index contributed by atoms with van der Waals surface area (Å²) >= 11 is 1.25. The lowest BCUT2D eigenvalue weighted by atomic mass is 10.2. The minimum atomic E-state index is -0.531. The molecule has 0 spiro atoms. The molecule has 4 aromatic rings. The van der Waals surface area contributed by atoms with Gasteiger partial charge in [0.05, 0.1) is 19.2 Å². The molecular weight excluding hydrogens is 414 g/mol. The van der Waals surface area contributed by atoms with Gasteiger partial charge in [0.1, 0.15) is 17.0 Å². The van der Waals surface area contributed by atoms with Gasteiger partial charge in [0.25, 0.3) is 5.56 Å². The van der Waals surface area contributed by atoms with E-state index in [1.165, 1.54) is 20.8 Å². The van der Waals surface area contributed by atoms with Crippen LogP contribution in [0.15, 0.2) is 75.6 Å². The Hall–Kier alpha value is -3.65. The lowest BCUT2D eigenvalue weighted by molar-refractivity contribution is -0.118. The van der Waals surface area contributed by atoms with E-state index in [1.54, 1.807) is 31.7 Å². The van der Waals surface area contributed by atoms with E-state index in [1.807, 2.05) is 48.5 Å². The number of rotatable bonds is 6. The van der Waals surface area contributed by atoms with Crippen molar-refractivity contribution in [1.29, 1.82) is 0 Å². The molecule has 0 unspecified atom stereocenters. The highest BCUT2D eigenvalue weighted by molar-refractivity contribution is 7.17. The number of nitrogens with zero attached hydrogens (tertiary/aromatic N) is 3. The van der Waals surface area contributed by atoms with Gasteiger partial charge in [-0.25, -0.2) is 4.79 Å². The summed E-state index contributed by atoms with van der Waals surface area (Å²) in [6, 6.07) is 18.1. The zero-order valence-electron chi connectivity index (χ0n) is 17.1. The SMILES string of the molecule is COc1ccccc1Cn1c(=O)c2sccc2n(CC(=O)N(C)c2ccccc2)c1=O. The average molecular weight is 436 g/mol. The van der Waals surface area contributed by atoms with Crippen molar-refractivity contribution in [2.75, 3.05) is 19.1 Å². The summed E-state index contributed by atoms with van der Waals surface area (Å²) in [6.45, 7) is -0.123. The molecule has 7 nitrogen and oxygen atoms in total. The van der Waals surface area contributed by atoms with Crippen LogP contribution in [0.4, 0.5) is 5.69 Å². The Morgan fingerprint density at radius 3 is 2.45 bits per heavy atom. The molecule has 0 fully saturated rings. The van der Waals surface area contributed by atoms with Crippen LogP contribution < -0.4 is 20.9 Å². The maximum Gasteiger partial charge on any atom is 0.332 e. The molecule has 8 heteroatoms. The predicted molar refractivity (Wildman–Crippen MR) is 122 cm³/mol. The summed E-state index contributed by atoms with van der Waals surface area (Å²) in [6.07, 6.45) is 0. The highest BCUT2D eigenvalue weighted by Crippen LogP contribution is 2.20. The summed E-state index contributed by atoms with van der Waals surface area (Å²) in [5, 5.41) is 1.75. The van der Waals surface area contributed by atoms with E-state index in [4.69, 9.17) is 4.74 Å². The highest BCUT2D eigenvalue weighted by Gasteiger charge is 2.19. The maximum absolute atomic E-state index is 13.3. The Bertz CT molecular complexity index is 1350. The fraction of sp³-hybridized carbons (Fsp3) is 0.174. The van der Waals surface area contributed by atoms with Crippen LogP contribution in [-0.2, 0) is 17.9 Å². The highest BCUT2D eigenvalue weighted by atomic mass is 32.1. The second-order valence-electron chi connectivity index (χ2n) is 7.00. The van der Waals surface area contributed by atoms with Gasteiger partial charge in [0.15, 0.2) is 0 Å². The average Bonchev–Trinajstić information content (AvgIpc) is 3.29. The van der Waals surface area contributed by atoms with Gasteiger partial charge >= 0.3 is 5.69 Å². The number of carbonyl (C=O) groups excluding carboxylic acids is 1. The van der Waals surface area contributed by atoms with Crippen LogP contribution in [0.3, 0.4) is 0 Å². The second kappa shape index (κ2) is 8.61. The van der Waals surface area contributed by atoms with Crippen molar-refractivity contribution in [3.63, 3.8) is 0 Å². The minimum absolute atomic E-state index is 0.0538. The molecule has 0 radical (unpaired) electrons. The zero-order chi connectivity index (χ0) is 22.0. The molecule has 2 heterocycles. The van der Waals surface area contributed by atoms with E-state index >= 15 is 0 Å². The summed E-state index contributed by atoms with van der Waals surface area (Å²) in [7, 11) is 3.21. The van der Waals surface area contributed by atoms with Crippen LogP contribution >= 0.6 is 11.3 Å². The van der Waals surface area contributed by atoms with Crippen molar-refractivity contribution in [3.8, 4) is 5.75 Å². The first-order chi connectivity index (χ1) is 15.0. The third-order valence-corrected chi connectivity index (χ3v) is 6.06. The smallest absolute Gasteiger partial charge is 0.332 e. The molecule has 0 aliphatic carbocycles. The first kappa shape index (κ1) is 20.6. The Morgan fingerprint density at radius 2 is 1.71 bits per heavy atom. The topological polar surface area (TPSA) is 73.5 Å². The van der Waals surface area contributed by atoms with E-state index in [0.29, 0.717) is 21.5 Å². The van der Waals surface area contributed by atoms with E-state index in [-0.39, 0.29) is 24.6 Å². The molecule has 1 amide bonds. The number of para-hydroxylation sites is 2. The van der Waals surface area contributed by atoms with Crippen molar-refractivity contribution in [2.45, 2.75) is 13.1 Å². The lowest BCUT2D eigenvalue weighted by Crippen LogP contribution is -2.42. The molecular formula is C23H21N3O4S. The Kier molecular flexibility index (Phi) is 5.73. The molecule has 2 aromatic carbocycles. The molecule has 0 aliphatic heterocycles. The molecule has 0 atom stereocenters. The van der Waals surface area contributed by atoms with Crippen LogP contribution in [0.1, 0.15) is 5.56 Å². The quantitative estimate of drug-likeness (QED) is 0.467. The van der Waals surface area contributed by atoms with Crippen molar-refractivity contribution in [3.05, 3.63) is 92.4 Å². The van der Waals surface area contributed by atoms with Crippen molar-refractivity contribution in [1.82, 2.24) is 9.13 Å². The van der Waals surface area contributed by atoms with Gasteiger partial charge in [-0.3, -0.25) is 18.7 Å². The number of aromatic nitrogens is 2. The second-order valence-corrected chi connectivity index (χ2v) is 7.91. The van der Waals surface area contributed by atoms with Crippen LogP contribution in [0.5, 0.6) is 5.75 Å². The minimum Gasteiger partial charge on any atom is -0.496 e. The fourth-order valence-electron chi connectivity index (χ4n) is 3.47. The van der Waals surface area contributed by atoms with Crippen LogP contribution in [0, 0.1) is 0 Å². The molecule has 0 saturated heterocycles. The van der Waals surface area contributed by atoms with Crippen LogP contribution in [0.25, 0.3) is 10.2 Å². The van der Waals surface area contributed by atoms with Gasteiger partial charge in [0, 0.05) is 18.3 Å². The Morgan fingerprint density at radius 1 is 1.00 bits per heavy atom. The van der Waals surface area contributed by atoms with Crippen LogP contribution in [0.2, 0.25) is 0 Å². The monoisotopic (exact) mass is 435 g/mol. The third-order valence-electron chi connectivity index (χ3n) is 5.17. The maximum atomic E-state index is 13.3. The molecule has 0 N–H and O–H groups in total. The van der Waals surface area contributed by atoms with Crippen molar-refractivity contribution < 1.29 is 9.53 Å². The Labute approximate surface area is 182 Å². The number of thiophene rings is 1. The molecule has 158 valence electrons. The van der Waals surface area contributed by atoms with E-state index in [9.17, 15) is 14.4 Å². The van der Waals surface area contributed by atoms with E-state index in [2.05, 4.69) is 0 Å². The number of fused-ring (bicyclic) bond motifs is 1. The summed E-state index contributed by atoms with van der Waals surface area (Å²) < 4.78 is 8.32. The number of benzene rings is 2. The number of methoxy groups -OCH3 is 1. The van der Waals surface area contributed by atoms with Gasteiger partial charge in [0.2, 0.25) is 5.91 Å². The number of likely N-dealkylation sites (N-methyl/N-ethyl adjacent to an activating group) is 1. The first-order valence-corrected chi connectivity index (χ1v) is 10.5. The number of amides is 1. The normalized spacial score (nSPS) is 10.9. The molecule has 0 saturated carbocycles. The summed E-state index contributed by atoms with van der Waals surface area (Å²) in [4.78, 5) is 40.8. The number of anilines is 1. The van der Waals surface area contributed by atoms with Gasteiger partial charge in [-0.15, -0.1) is 11.3 Å². The molecule has 31 heavy (non-hydrogen) atoms. The molecule has 0 aliphatic rings. The largest absolute Gasteiger partial charge is 0.496 e. The van der Waals surface area contributed by atoms with Gasteiger partial charge < -0.3 is 9.64 Å². The molecule has 4 rings (SSSR count). The molecule has 2 aromatic heterocycles. The number of hydrogen-bond donors (Lipinski definition) is 0. The standard InChI is InChI=1S/C23H21N3O4S/c1-24(17-9-4-3-5-10-17)20(27)15-25-18-12-13-31-21(18)22(28)26(23(25)29)14-16-8-6-7-11-19(16)30-2/h3-13H,14-15H2,1-2H3. The van der Waals surface area contributed by atoms with Crippen LogP contribution in [-0.4, -0.2) is 29.2 Å². The number of ether oxygens (including phenoxy) is 1. The van der Waals surface area contributed by atoms with Gasteiger partial charge in [-0.2, -0.15) is 0 Å². The fourth-order valence-corrected chi connectivity index (χ4v) is 4.31. The van der Waals surface area contributed by atoms with Crippen molar-refractivity contribution >= 4 is 33.1 Å². The third kappa shape index (κ3) is 3.89. The zero-order valence-corrected chi connectivity index (χ0v) is 18.0. The van der Waals surface area contributed by atoms with Gasteiger partial charge in [-0.1, -0.05) is 36.4 Å². The van der Waals surface area contributed by atoms with E-state index in [0.717, 1.165) is 10.3 Å². The van der Waals surface area contributed by atoms with E-state index < -0.39 is 5.69 Å².